The Kier molecular flexibility index (Phi) is 5.61. The maximum Gasteiger partial charge on any atom is 0.274 e. The van der Waals surface area contributed by atoms with Crippen molar-refractivity contribution in [3.8, 4) is 17.1 Å². The van der Waals surface area contributed by atoms with Crippen molar-refractivity contribution in [1.29, 1.82) is 0 Å². The summed E-state index contributed by atoms with van der Waals surface area (Å²) in [5.74, 6) is -0.297. The highest BCUT2D eigenvalue weighted by Crippen LogP contribution is 2.32. The van der Waals surface area contributed by atoms with Gasteiger partial charge in [0.2, 0.25) is 5.69 Å². The number of aromatic nitrogens is 4. The lowest BCUT2D eigenvalue weighted by atomic mass is 10.1. The summed E-state index contributed by atoms with van der Waals surface area (Å²) in [4.78, 5) is 25.5. The van der Waals surface area contributed by atoms with Gasteiger partial charge in [-0.2, -0.15) is 5.10 Å². The van der Waals surface area contributed by atoms with Crippen LogP contribution in [0.25, 0.3) is 32.8 Å². The SMILES string of the molecule is [C-]#[N+]c1ccc(-c2nc(C(=O)N3CC[C@H](N(C)C)C3)c(C)n2-c2ccc3c(cnn3C)c2)cc1F. The zero-order chi connectivity index (χ0) is 24.9. The van der Waals surface area contributed by atoms with Crippen LogP contribution in [-0.4, -0.2) is 68.3 Å². The largest absolute Gasteiger partial charge is 0.336 e. The number of benzene rings is 2. The lowest BCUT2D eigenvalue weighted by Gasteiger charge is -2.20. The molecule has 1 aliphatic heterocycles. The number of rotatable bonds is 4. The molecule has 35 heavy (non-hydrogen) atoms. The van der Waals surface area contributed by atoms with Crippen LogP contribution < -0.4 is 0 Å². The Morgan fingerprint density at radius 3 is 2.71 bits per heavy atom. The highest BCUT2D eigenvalue weighted by Gasteiger charge is 2.32. The number of nitrogens with zero attached hydrogens (tertiary/aromatic N) is 7. The molecule has 0 saturated carbocycles. The molecule has 9 heteroatoms. The van der Waals surface area contributed by atoms with Gasteiger partial charge in [-0.05, 0) is 51.7 Å². The minimum atomic E-state index is -0.617. The summed E-state index contributed by atoms with van der Waals surface area (Å²) >= 11 is 0. The van der Waals surface area contributed by atoms with Crippen LogP contribution in [0.5, 0.6) is 0 Å². The number of likely N-dealkylation sites (N-methyl/N-ethyl adjacent to an activating group) is 1. The Balaban J connectivity index is 1.65. The van der Waals surface area contributed by atoms with Gasteiger partial charge in [-0.1, -0.05) is 12.1 Å². The monoisotopic (exact) mass is 471 g/mol. The second-order valence-electron chi connectivity index (χ2n) is 9.15. The lowest BCUT2D eigenvalue weighted by Crippen LogP contribution is -2.34. The fourth-order valence-corrected chi connectivity index (χ4v) is 4.74. The van der Waals surface area contributed by atoms with E-state index in [1.54, 1.807) is 16.9 Å². The molecule has 0 aliphatic carbocycles. The third kappa shape index (κ3) is 3.86. The Bertz CT molecular complexity index is 1490. The van der Waals surface area contributed by atoms with Crippen molar-refractivity contribution in [2.24, 2.45) is 7.05 Å². The molecule has 1 amide bonds. The number of carbonyl (C=O) groups excluding carboxylic acids is 1. The number of hydrogen-bond acceptors (Lipinski definition) is 4. The molecular formula is C26H26FN7O. The molecule has 0 radical (unpaired) electrons. The van der Waals surface area contributed by atoms with E-state index in [-0.39, 0.29) is 11.6 Å². The van der Waals surface area contributed by atoms with Crippen LogP contribution in [0.4, 0.5) is 10.1 Å². The molecule has 8 nitrogen and oxygen atoms in total. The van der Waals surface area contributed by atoms with E-state index in [1.807, 2.05) is 55.7 Å². The van der Waals surface area contributed by atoms with Crippen molar-refractivity contribution in [2.45, 2.75) is 19.4 Å². The van der Waals surface area contributed by atoms with Gasteiger partial charge in [0.1, 0.15) is 17.3 Å². The molecule has 2 aromatic heterocycles. The Morgan fingerprint density at radius 1 is 1.23 bits per heavy atom. The third-order valence-corrected chi connectivity index (χ3v) is 6.81. The van der Waals surface area contributed by atoms with Gasteiger partial charge in [-0.25, -0.2) is 14.2 Å². The Labute approximate surface area is 203 Å². The van der Waals surface area contributed by atoms with Gasteiger partial charge in [0.15, 0.2) is 0 Å². The molecule has 1 aliphatic rings. The molecule has 178 valence electrons. The number of fused-ring (bicyclic) bond motifs is 1. The van der Waals surface area contributed by atoms with Gasteiger partial charge in [-0.3, -0.25) is 14.0 Å². The van der Waals surface area contributed by atoms with E-state index < -0.39 is 5.82 Å². The first-order valence-corrected chi connectivity index (χ1v) is 11.4. The van der Waals surface area contributed by atoms with Gasteiger partial charge < -0.3 is 9.80 Å². The second-order valence-corrected chi connectivity index (χ2v) is 9.15. The zero-order valence-corrected chi connectivity index (χ0v) is 20.2. The number of imidazole rings is 1. The molecular weight excluding hydrogens is 445 g/mol. The van der Waals surface area contributed by atoms with E-state index >= 15 is 0 Å². The number of hydrogen-bond donors (Lipinski definition) is 0. The van der Waals surface area contributed by atoms with Crippen LogP contribution in [0.3, 0.4) is 0 Å². The molecule has 0 N–H and O–H groups in total. The second kappa shape index (κ2) is 8.64. The lowest BCUT2D eigenvalue weighted by molar-refractivity contribution is 0.0777. The van der Waals surface area contributed by atoms with Crippen LogP contribution in [0.1, 0.15) is 22.6 Å². The van der Waals surface area contributed by atoms with E-state index in [2.05, 4.69) is 14.8 Å². The van der Waals surface area contributed by atoms with Gasteiger partial charge in [0, 0.05) is 42.8 Å². The Hall–Kier alpha value is -4.03. The highest BCUT2D eigenvalue weighted by atomic mass is 19.1. The Morgan fingerprint density at radius 2 is 2.03 bits per heavy atom. The molecule has 0 bridgehead atoms. The summed E-state index contributed by atoms with van der Waals surface area (Å²) in [6.07, 6.45) is 2.69. The fourth-order valence-electron chi connectivity index (χ4n) is 4.74. The van der Waals surface area contributed by atoms with Gasteiger partial charge >= 0.3 is 0 Å². The van der Waals surface area contributed by atoms with Gasteiger partial charge in [0.05, 0.1) is 24.0 Å². The zero-order valence-electron chi connectivity index (χ0n) is 20.2. The van der Waals surface area contributed by atoms with E-state index in [4.69, 9.17) is 11.6 Å². The maximum absolute atomic E-state index is 14.6. The van der Waals surface area contributed by atoms with Crippen LogP contribution in [0, 0.1) is 19.3 Å². The number of aryl methyl sites for hydroxylation is 1. The molecule has 5 rings (SSSR count). The van der Waals surface area contributed by atoms with Crippen LogP contribution in [-0.2, 0) is 7.05 Å². The van der Waals surface area contributed by atoms with Crippen LogP contribution in [0.2, 0.25) is 0 Å². The molecule has 2 aromatic carbocycles. The summed E-state index contributed by atoms with van der Waals surface area (Å²) in [6.45, 7) is 10.3. The first-order valence-electron chi connectivity index (χ1n) is 11.4. The van der Waals surface area contributed by atoms with Crippen molar-refractivity contribution in [3.63, 3.8) is 0 Å². The van der Waals surface area contributed by atoms with E-state index in [0.29, 0.717) is 41.9 Å². The third-order valence-electron chi connectivity index (χ3n) is 6.81. The molecule has 1 saturated heterocycles. The first kappa shape index (κ1) is 22.7. The molecule has 0 spiro atoms. The molecule has 3 heterocycles. The van der Waals surface area contributed by atoms with Crippen LogP contribution >= 0.6 is 0 Å². The summed E-state index contributed by atoms with van der Waals surface area (Å²) in [5.41, 5.74) is 3.24. The number of amides is 1. The van der Waals surface area contributed by atoms with Gasteiger partial charge in [0.25, 0.3) is 5.91 Å². The minimum absolute atomic E-state index is 0.0524. The van der Waals surface area contributed by atoms with E-state index in [1.165, 1.54) is 12.1 Å². The van der Waals surface area contributed by atoms with Crippen molar-refractivity contribution in [1.82, 2.24) is 29.1 Å². The first-order chi connectivity index (χ1) is 16.8. The van der Waals surface area contributed by atoms with Crippen molar-refractivity contribution < 1.29 is 9.18 Å². The summed E-state index contributed by atoms with van der Waals surface area (Å²) in [7, 11) is 5.92. The van der Waals surface area contributed by atoms with E-state index in [0.717, 1.165) is 23.0 Å². The number of likely N-dealkylation sites (tertiary alicyclic amines) is 1. The summed E-state index contributed by atoms with van der Waals surface area (Å²) < 4.78 is 18.2. The topological polar surface area (TPSA) is 63.6 Å². The normalized spacial score (nSPS) is 15.8. The maximum atomic E-state index is 14.6. The number of carbonyl (C=O) groups is 1. The highest BCUT2D eigenvalue weighted by molar-refractivity contribution is 5.95. The van der Waals surface area contributed by atoms with Crippen molar-refractivity contribution >= 4 is 22.5 Å². The summed E-state index contributed by atoms with van der Waals surface area (Å²) in [6, 6.07) is 10.6. The van der Waals surface area contributed by atoms with Gasteiger partial charge in [-0.15, -0.1) is 0 Å². The predicted octanol–water partition coefficient (Wildman–Crippen LogP) is 4.20. The standard InChI is InChI=1S/C26H26FN7O/c1-16-24(26(35)33-11-10-20(15-33)31(3)4)30-25(17-6-8-22(28-2)21(27)13-17)34(16)19-7-9-23-18(12-19)14-29-32(23)5/h6-9,12-14,20H,10-11,15H2,1,3-5H3/t20-/m0/s1. The van der Waals surface area contributed by atoms with E-state index in [9.17, 15) is 9.18 Å². The van der Waals surface area contributed by atoms with Crippen molar-refractivity contribution in [2.75, 3.05) is 27.2 Å². The van der Waals surface area contributed by atoms with Crippen LogP contribution in [0.15, 0.2) is 42.6 Å². The average molecular weight is 472 g/mol. The van der Waals surface area contributed by atoms with Crippen molar-refractivity contribution in [3.05, 3.63) is 71.2 Å². The quantitative estimate of drug-likeness (QED) is 0.419. The number of halogens is 1. The molecule has 1 atom stereocenters. The fraction of sp³-hybridized carbons (Fsp3) is 0.308. The molecule has 1 fully saturated rings. The molecule has 4 aromatic rings. The summed E-state index contributed by atoms with van der Waals surface area (Å²) in [5, 5.41) is 5.26. The predicted molar refractivity (Wildman–Crippen MR) is 132 cm³/mol. The average Bonchev–Trinajstić information content (AvgIpc) is 3.56. The molecule has 0 unspecified atom stereocenters. The smallest absolute Gasteiger partial charge is 0.274 e. The minimum Gasteiger partial charge on any atom is -0.336 e.